The molecule has 28 heavy (non-hydrogen) atoms. The van der Waals surface area contributed by atoms with Crippen LogP contribution in [0.25, 0.3) is 0 Å². The van der Waals surface area contributed by atoms with Crippen LogP contribution < -0.4 is 0 Å². The molecule has 5 nitrogen and oxygen atoms in total. The Morgan fingerprint density at radius 1 is 1.00 bits per heavy atom. The second-order valence-corrected chi connectivity index (χ2v) is 7.77. The number of hydrogen-bond acceptors (Lipinski definition) is 3. The molecule has 0 aromatic heterocycles. The molecule has 0 N–H and O–H groups in total. The lowest BCUT2D eigenvalue weighted by atomic mass is 9.94. The highest BCUT2D eigenvalue weighted by molar-refractivity contribution is 6.21. The van der Waals surface area contributed by atoms with E-state index in [0.717, 1.165) is 30.4 Å². The van der Waals surface area contributed by atoms with Crippen LogP contribution in [0, 0.1) is 0 Å². The maximum Gasteiger partial charge on any atom is 0.261 e. The molecule has 2 aromatic carbocycles. The highest BCUT2D eigenvalue weighted by Crippen LogP contribution is 2.37. The van der Waals surface area contributed by atoms with Gasteiger partial charge in [-0.15, -0.1) is 0 Å². The number of fused-ring (bicyclic) bond motifs is 1. The van der Waals surface area contributed by atoms with Crippen LogP contribution in [0.3, 0.4) is 0 Å². The van der Waals surface area contributed by atoms with Gasteiger partial charge in [0.25, 0.3) is 11.8 Å². The minimum absolute atomic E-state index is 0.0538. The van der Waals surface area contributed by atoms with Crippen LogP contribution in [0.5, 0.6) is 0 Å². The van der Waals surface area contributed by atoms with Crippen molar-refractivity contribution in [2.45, 2.75) is 51.2 Å². The second-order valence-electron chi connectivity index (χ2n) is 7.77. The van der Waals surface area contributed by atoms with Gasteiger partial charge in [-0.1, -0.05) is 36.4 Å². The molecule has 2 aliphatic heterocycles. The molecule has 2 aliphatic rings. The third-order valence-corrected chi connectivity index (χ3v) is 6.04. The molecule has 0 spiro atoms. The van der Waals surface area contributed by atoms with Crippen molar-refractivity contribution < 1.29 is 14.4 Å². The fourth-order valence-electron chi connectivity index (χ4n) is 4.56. The minimum atomic E-state index is -0.267. The lowest BCUT2D eigenvalue weighted by Gasteiger charge is -2.28. The first-order chi connectivity index (χ1) is 13.5. The maximum absolute atomic E-state index is 12.8. The molecule has 144 valence electrons. The molecule has 5 heteroatoms. The minimum Gasteiger partial charge on any atom is -0.336 e. The summed E-state index contributed by atoms with van der Waals surface area (Å²) in [6.45, 7) is 3.98. The molecule has 1 saturated heterocycles. The van der Waals surface area contributed by atoms with Gasteiger partial charge in [0, 0.05) is 12.1 Å². The highest BCUT2D eigenvalue weighted by atomic mass is 16.2. The summed E-state index contributed by atoms with van der Waals surface area (Å²) in [5.74, 6) is -0.454. The molecule has 0 aliphatic carbocycles. The smallest absolute Gasteiger partial charge is 0.261 e. The van der Waals surface area contributed by atoms with Crippen LogP contribution in [0.2, 0.25) is 0 Å². The van der Waals surface area contributed by atoms with Gasteiger partial charge in [-0.2, -0.15) is 0 Å². The number of rotatable bonds is 5. The summed E-state index contributed by atoms with van der Waals surface area (Å²) in [6, 6.07) is 15.0. The van der Waals surface area contributed by atoms with Crippen LogP contribution >= 0.6 is 0 Å². The molecule has 0 bridgehead atoms. The summed E-state index contributed by atoms with van der Waals surface area (Å²) < 4.78 is 0. The Kier molecular flexibility index (Phi) is 4.75. The van der Waals surface area contributed by atoms with Crippen molar-refractivity contribution in [2.24, 2.45) is 0 Å². The molecule has 1 fully saturated rings. The fraction of sp³-hybridized carbons (Fsp3) is 0.348. The normalized spacial score (nSPS) is 22.5. The van der Waals surface area contributed by atoms with Gasteiger partial charge in [0.15, 0.2) is 0 Å². The van der Waals surface area contributed by atoms with Gasteiger partial charge in [-0.25, -0.2) is 0 Å². The van der Waals surface area contributed by atoms with Crippen molar-refractivity contribution in [3.8, 4) is 0 Å². The fourth-order valence-corrected chi connectivity index (χ4v) is 4.56. The average molecular weight is 376 g/mol. The first-order valence-electron chi connectivity index (χ1n) is 9.80. The van der Waals surface area contributed by atoms with Crippen molar-refractivity contribution in [3.63, 3.8) is 0 Å². The number of carbonyl (C=O) groups is 3. The van der Waals surface area contributed by atoms with Crippen molar-refractivity contribution in [2.75, 3.05) is 0 Å². The summed E-state index contributed by atoms with van der Waals surface area (Å²) in [5, 5.41) is 0. The number of hydrogen-bond donors (Lipinski definition) is 0. The Balaban J connectivity index is 1.60. The number of likely N-dealkylation sites (tertiary alicyclic amines) is 1. The number of amides is 3. The van der Waals surface area contributed by atoms with Crippen LogP contribution in [0.1, 0.15) is 64.6 Å². The Morgan fingerprint density at radius 2 is 1.61 bits per heavy atom. The lowest BCUT2D eigenvalue weighted by Crippen LogP contribution is -2.39. The Hall–Kier alpha value is -2.95. The quantitative estimate of drug-likeness (QED) is 0.592. The zero-order valence-electron chi connectivity index (χ0n) is 16.2. The van der Waals surface area contributed by atoms with Gasteiger partial charge < -0.3 is 4.90 Å². The van der Waals surface area contributed by atoms with E-state index in [4.69, 9.17) is 0 Å². The highest BCUT2D eigenvalue weighted by Gasteiger charge is 2.38. The number of imide groups is 1. The van der Waals surface area contributed by atoms with Gasteiger partial charge in [0.1, 0.15) is 0 Å². The van der Waals surface area contributed by atoms with E-state index in [1.807, 2.05) is 30.0 Å². The van der Waals surface area contributed by atoms with Gasteiger partial charge in [-0.3, -0.25) is 19.3 Å². The summed E-state index contributed by atoms with van der Waals surface area (Å²) >= 11 is 0. The summed E-state index contributed by atoms with van der Waals surface area (Å²) in [6.07, 6.45) is 3.41. The monoisotopic (exact) mass is 376 g/mol. The lowest BCUT2D eigenvalue weighted by molar-refractivity contribution is -0.120. The van der Waals surface area contributed by atoms with Crippen molar-refractivity contribution in [1.82, 2.24) is 9.80 Å². The Morgan fingerprint density at radius 3 is 2.25 bits per heavy atom. The van der Waals surface area contributed by atoms with Crippen LogP contribution in [-0.4, -0.2) is 40.1 Å². The molecule has 3 atom stereocenters. The number of nitrogens with zero attached hydrogens (tertiary/aromatic N) is 2. The largest absolute Gasteiger partial charge is 0.336 e. The Labute approximate surface area is 164 Å². The SMILES string of the molecule is CC(Cc1ccccc1C1CCC(C)N1C=O)N1C(=O)c2ccccc2C1=O. The van der Waals surface area contributed by atoms with E-state index in [0.29, 0.717) is 17.5 Å². The van der Waals surface area contributed by atoms with E-state index in [1.165, 1.54) is 4.90 Å². The van der Waals surface area contributed by atoms with E-state index in [1.54, 1.807) is 24.3 Å². The summed E-state index contributed by atoms with van der Waals surface area (Å²) in [4.78, 5) is 40.4. The molecule has 2 heterocycles. The molecule has 3 amide bonds. The van der Waals surface area contributed by atoms with Gasteiger partial charge >= 0.3 is 0 Å². The molecule has 2 aromatic rings. The summed E-state index contributed by atoms with van der Waals surface area (Å²) in [5.41, 5.74) is 3.15. The first-order valence-corrected chi connectivity index (χ1v) is 9.80. The average Bonchev–Trinajstić information content (AvgIpc) is 3.20. The third-order valence-electron chi connectivity index (χ3n) is 6.04. The van der Waals surface area contributed by atoms with E-state index in [2.05, 4.69) is 13.0 Å². The maximum atomic E-state index is 12.8. The standard InChI is InChI=1S/C23H24N2O3/c1-15-11-12-21(24(15)14-26)18-8-4-3-7-17(18)13-16(2)25-22(27)19-9-5-6-10-20(19)23(25)28/h3-10,14-16,21H,11-13H2,1-2H3. The van der Waals surface area contributed by atoms with E-state index in [9.17, 15) is 14.4 Å². The Bertz CT molecular complexity index is 904. The molecule has 0 saturated carbocycles. The second kappa shape index (κ2) is 7.23. The van der Waals surface area contributed by atoms with Crippen molar-refractivity contribution in [3.05, 3.63) is 70.8 Å². The van der Waals surface area contributed by atoms with Crippen LogP contribution in [0.15, 0.2) is 48.5 Å². The zero-order chi connectivity index (χ0) is 19.8. The van der Waals surface area contributed by atoms with Crippen molar-refractivity contribution >= 4 is 18.2 Å². The van der Waals surface area contributed by atoms with Gasteiger partial charge in [-0.05, 0) is 56.4 Å². The predicted molar refractivity (Wildman–Crippen MR) is 106 cm³/mol. The van der Waals surface area contributed by atoms with E-state index >= 15 is 0 Å². The number of carbonyl (C=O) groups excluding carboxylic acids is 3. The molecule has 3 unspecified atom stereocenters. The van der Waals surface area contributed by atoms with Gasteiger partial charge in [0.2, 0.25) is 6.41 Å². The van der Waals surface area contributed by atoms with Crippen LogP contribution in [-0.2, 0) is 11.2 Å². The van der Waals surface area contributed by atoms with Gasteiger partial charge in [0.05, 0.1) is 17.2 Å². The van der Waals surface area contributed by atoms with E-state index in [-0.39, 0.29) is 29.9 Å². The first kappa shape index (κ1) is 18.4. The summed E-state index contributed by atoms with van der Waals surface area (Å²) in [7, 11) is 0. The zero-order valence-corrected chi connectivity index (χ0v) is 16.2. The van der Waals surface area contributed by atoms with E-state index < -0.39 is 0 Å². The van der Waals surface area contributed by atoms with Crippen molar-refractivity contribution in [1.29, 1.82) is 0 Å². The van der Waals surface area contributed by atoms with Crippen LogP contribution in [0.4, 0.5) is 0 Å². The molecular formula is C23H24N2O3. The molecular weight excluding hydrogens is 352 g/mol. The number of benzene rings is 2. The topological polar surface area (TPSA) is 57.7 Å². The predicted octanol–water partition coefficient (Wildman–Crippen LogP) is 3.60. The third kappa shape index (κ3) is 2.91. The molecule has 4 rings (SSSR count). The molecule has 0 radical (unpaired) electrons.